The standard InChI is InChI=1S/C26H39N7S2/c1-15-20(23-32-21-16(2)28-11-10-19(21)35-23)22(31-18-9-8-17(14-18)26(6,7)27)33-24(30-15)29-12-13-34-25(3,4)5/h10-11,17-18H,8-9,12-14,27H2,1-7H3,(H2,29,30,31,33)/t17?,18-/m0/s1. The van der Waals surface area contributed by atoms with Gasteiger partial charge in [0.1, 0.15) is 16.3 Å². The Morgan fingerprint density at radius 1 is 1.09 bits per heavy atom. The molecule has 0 saturated heterocycles. The van der Waals surface area contributed by atoms with Crippen molar-refractivity contribution in [1.29, 1.82) is 0 Å². The summed E-state index contributed by atoms with van der Waals surface area (Å²) in [6.07, 6.45) is 5.10. The minimum absolute atomic E-state index is 0.171. The average Bonchev–Trinajstić information content (AvgIpc) is 3.38. The third-order valence-electron chi connectivity index (χ3n) is 6.54. The summed E-state index contributed by atoms with van der Waals surface area (Å²) in [5, 5.41) is 8.14. The zero-order valence-corrected chi connectivity index (χ0v) is 23.7. The Bertz CT molecular complexity index is 1180. The number of aromatic nitrogens is 4. The fourth-order valence-corrected chi connectivity index (χ4v) is 6.53. The summed E-state index contributed by atoms with van der Waals surface area (Å²) in [6, 6.07) is 2.36. The number of pyridine rings is 1. The van der Waals surface area contributed by atoms with Crippen molar-refractivity contribution in [3.8, 4) is 10.6 Å². The van der Waals surface area contributed by atoms with E-state index in [1.807, 2.05) is 30.9 Å². The molecule has 35 heavy (non-hydrogen) atoms. The highest BCUT2D eigenvalue weighted by Crippen LogP contribution is 2.39. The van der Waals surface area contributed by atoms with E-state index in [2.05, 4.69) is 57.2 Å². The number of anilines is 2. The van der Waals surface area contributed by atoms with Crippen molar-refractivity contribution in [2.24, 2.45) is 11.7 Å². The summed E-state index contributed by atoms with van der Waals surface area (Å²) < 4.78 is 1.37. The van der Waals surface area contributed by atoms with E-state index in [1.165, 1.54) is 0 Å². The second-order valence-electron chi connectivity index (χ2n) is 11.2. The van der Waals surface area contributed by atoms with Crippen molar-refractivity contribution < 1.29 is 0 Å². The van der Waals surface area contributed by atoms with Crippen molar-refractivity contribution >= 4 is 45.1 Å². The SMILES string of the molecule is Cc1nc(NCCSC(C)(C)C)nc(N[C@H]2CCC(C(C)(C)N)C2)c1-c1nc2c(C)nccc2s1. The monoisotopic (exact) mass is 513 g/mol. The van der Waals surface area contributed by atoms with E-state index in [-0.39, 0.29) is 10.3 Å². The van der Waals surface area contributed by atoms with Gasteiger partial charge in [-0.3, -0.25) is 4.98 Å². The van der Waals surface area contributed by atoms with Crippen LogP contribution in [0.25, 0.3) is 20.8 Å². The number of fused-ring (bicyclic) bond motifs is 1. The number of hydrogen-bond acceptors (Lipinski definition) is 9. The van der Waals surface area contributed by atoms with Crippen molar-refractivity contribution in [2.45, 2.75) is 84.1 Å². The molecular formula is C26H39N7S2. The van der Waals surface area contributed by atoms with Gasteiger partial charge in [0, 0.05) is 34.8 Å². The number of thiazole rings is 1. The van der Waals surface area contributed by atoms with Gasteiger partial charge in [0.05, 0.1) is 21.7 Å². The number of thioether (sulfide) groups is 1. The maximum atomic E-state index is 6.44. The molecule has 3 aromatic rings. The van der Waals surface area contributed by atoms with E-state index in [4.69, 9.17) is 20.7 Å². The number of aryl methyl sites for hydroxylation is 2. The minimum Gasteiger partial charge on any atom is -0.367 e. The third-order valence-corrected chi connectivity index (χ3v) is 8.85. The maximum Gasteiger partial charge on any atom is 0.224 e. The molecule has 3 heterocycles. The van der Waals surface area contributed by atoms with Gasteiger partial charge in [-0.1, -0.05) is 20.8 Å². The summed E-state index contributed by atoms with van der Waals surface area (Å²) in [4.78, 5) is 19.2. The normalized spacial score (nSPS) is 18.9. The second-order valence-corrected chi connectivity index (χ2v) is 14.1. The molecule has 9 heteroatoms. The Balaban J connectivity index is 1.64. The molecule has 1 fully saturated rings. The summed E-state index contributed by atoms with van der Waals surface area (Å²) in [5.74, 6) is 3.01. The van der Waals surface area contributed by atoms with E-state index in [0.29, 0.717) is 17.9 Å². The van der Waals surface area contributed by atoms with Crippen LogP contribution in [0, 0.1) is 19.8 Å². The second kappa shape index (κ2) is 10.2. The van der Waals surface area contributed by atoms with Crippen LogP contribution in [0.2, 0.25) is 0 Å². The summed E-state index contributed by atoms with van der Waals surface area (Å²) in [6.45, 7) is 15.9. The van der Waals surface area contributed by atoms with Crippen molar-refractivity contribution in [2.75, 3.05) is 22.9 Å². The highest BCUT2D eigenvalue weighted by atomic mass is 32.2. The lowest BCUT2D eigenvalue weighted by Crippen LogP contribution is -2.40. The van der Waals surface area contributed by atoms with Gasteiger partial charge >= 0.3 is 0 Å². The smallest absolute Gasteiger partial charge is 0.224 e. The summed E-state index contributed by atoms with van der Waals surface area (Å²) in [5.41, 5.74) is 10.1. The van der Waals surface area contributed by atoms with Gasteiger partial charge in [0.15, 0.2) is 0 Å². The van der Waals surface area contributed by atoms with E-state index in [9.17, 15) is 0 Å². The van der Waals surface area contributed by atoms with Gasteiger partial charge in [0.2, 0.25) is 5.95 Å². The Hall–Kier alpha value is -1.97. The molecule has 1 aliphatic rings. The number of nitrogens with zero attached hydrogens (tertiary/aromatic N) is 4. The Labute approximate surface area is 217 Å². The highest BCUT2D eigenvalue weighted by molar-refractivity contribution is 8.00. The molecule has 1 saturated carbocycles. The first-order chi connectivity index (χ1) is 16.4. The summed E-state index contributed by atoms with van der Waals surface area (Å²) in [7, 11) is 0. The van der Waals surface area contributed by atoms with Gasteiger partial charge < -0.3 is 16.4 Å². The average molecular weight is 514 g/mol. The summed E-state index contributed by atoms with van der Waals surface area (Å²) >= 11 is 3.60. The molecule has 1 unspecified atom stereocenters. The van der Waals surface area contributed by atoms with Crippen LogP contribution in [0.1, 0.15) is 65.3 Å². The number of rotatable bonds is 8. The number of hydrogen-bond donors (Lipinski definition) is 3. The van der Waals surface area contributed by atoms with Gasteiger partial charge in [0.25, 0.3) is 0 Å². The first-order valence-corrected chi connectivity index (χ1v) is 14.3. The van der Waals surface area contributed by atoms with E-state index < -0.39 is 0 Å². The quantitative estimate of drug-likeness (QED) is 0.314. The van der Waals surface area contributed by atoms with Gasteiger partial charge in [-0.2, -0.15) is 16.7 Å². The molecule has 0 aromatic carbocycles. The van der Waals surface area contributed by atoms with Crippen molar-refractivity contribution in [1.82, 2.24) is 19.9 Å². The van der Waals surface area contributed by atoms with Crippen LogP contribution in [-0.2, 0) is 0 Å². The van der Waals surface area contributed by atoms with Crippen molar-refractivity contribution in [3.63, 3.8) is 0 Å². The Morgan fingerprint density at radius 3 is 2.51 bits per heavy atom. The van der Waals surface area contributed by atoms with E-state index >= 15 is 0 Å². The molecule has 2 atom stereocenters. The zero-order chi connectivity index (χ0) is 25.4. The molecule has 0 spiro atoms. The van der Waals surface area contributed by atoms with Gasteiger partial charge in [-0.25, -0.2) is 9.97 Å². The first-order valence-electron chi connectivity index (χ1n) is 12.4. The first kappa shape index (κ1) is 26.1. The lowest BCUT2D eigenvalue weighted by Gasteiger charge is -2.27. The Kier molecular flexibility index (Phi) is 7.60. The fraction of sp³-hybridized carbons (Fsp3) is 0.615. The molecular weight excluding hydrogens is 474 g/mol. The molecule has 4 rings (SSSR count). The largest absolute Gasteiger partial charge is 0.367 e. The van der Waals surface area contributed by atoms with Crippen LogP contribution in [0.4, 0.5) is 11.8 Å². The molecule has 4 N–H and O–H groups in total. The molecule has 0 aliphatic heterocycles. The molecule has 0 bridgehead atoms. The maximum absolute atomic E-state index is 6.44. The third kappa shape index (κ3) is 6.43. The van der Waals surface area contributed by atoms with E-state index in [1.54, 1.807) is 11.3 Å². The van der Waals surface area contributed by atoms with Crippen LogP contribution in [0.3, 0.4) is 0 Å². The van der Waals surface area contributed by atoms with Crippen LogP contribution in [0.5, 0.6) is 0 Å². The molecule has 190 valence electrons. The zero-order valence-electron chi connectivity index (χ0n) is 22.0. The van der Waals surface area contributed by atoms with Crippen molar-refractivity contribution in [3.05, 3.63) is 23.7 Å². The topological polar surface area (TPSA) is 102 Å². The Morgan fingerprint density at radius 2 is 1.86 bits per heavy atom. The molecule has 0 radical (unpaired) electrons. The van der Waals surface area contributed by atoms with Crippen LogP contribution >= 0.6 is 23.1 Å². The molecule has 3 aromatic heterocycles. The highest BCUT2D eigenvalue weighted by Gasteiger charge is 2.34. The molecule has 1 aliphatic carbocycles. The lowest BCUT2D eigenvalue weighted by atomic mass is 9.87. The predicted molar refractivity (Wildman–Crippen MR) is 152 cm³/mol. The van der Waals surface area contributed by atoms with E-state index in [0.717, 1.165) is 69.6 Å². The minimum atomic E-state index is -0.171. The lowest BCUT2D eigenvalue weighted by molar-refractivity contribution is 0.326. The van der Waals surface area contributed by atoms with Crippen LogP contribution in [0.15, 0.2) is 12.3 Å². The predicted octanol–water partition coefficient (Wildman–Crippen LogP) is 6.03. The molecule has 7 nitrogen and oxygen atoms in total. The molecule has 0 amide bonds. The fourth-order valence-electron chi connectivity index (χ4n) is 4.60. The van der Waals surface area contributed by atoms with Gasteiger partial charge in [-0.05, 0) is 58.9 Å². The van der Waals surface area contributed by atoms with Gasteiger partial charge in [-0.15, -0.1) is 11.3 Å². The van der Waals surface area contributed by atoms with Crippen LogP contribution < -0.4 is 16.4 Å². The van der Waals surface area contributed by atoms with Crippen LogP contribution in [-0.4, -0.2) is 48.6 Å². The number of nitrogens with two attached hydrogens (primary N) is 1. The number of nitrogens with one attached hydrogen (secondary N) is 2.